The molecule has 2 aromatic rings. The molecule has 25 heavy (non-hydrogen) atoms. The third-order valence-corrected chi connectivity index (χ3v) is 6.53. The van der Waals surface area contributed by atoms with Gasteiger partial charge in [-0.2, -0.15) is 9.57 Å². The summed E-state index contributed by atoms with van der Waals surface area (Å²) < 4.78 is 33.3. The lowest BCUT2D eigenvalue weighted by molar-refractivity contribution is 0.0730. The first-order chi connectivity index (χ1) is 11.9. The minimum Gasteiger partial charge on any atom is -0.379 e. The number of carbonyl (C=O) groups excluding carboxylic acids is 1. The number of aromatic nitrogens is 1. The van der Waals surface area contributed by atoms with Gasteiger partial charge in [0.25, 0.3) is 5.91 Å². The van der Waals surface area contributed by atoms with Crippen LogP contribution in [0.1, 0.15) is 16.1 Å². The molecule has 1 fully saturated rings. The van der Waals surface area contributed by atoms with E-state index in [2.05, 4.69) is 5.32 Å². The zero-order valence-electron chi connectivity index (χ0n) is 13.4. The van der Waals surface area contributed by atoms with Crippen LogP contribution in [0.25, 0.3) is 0 Å². The van der Waals surface area contributed by atoms with Gasteiger partial charge in [-0.15, -0.1) is 11.3 Å². The second-order valence-corrected chi connectivity index (χ2v) is 8.27. The van der Waals surface area contributed by atoms with Crippen molar-refractivity contribution in [1.82, 2.24) is 8.87 Å². The number of amides is 1. The molecule has 1 saturated heterocycles. The van der Waals surface area contributed by atoms with E-state index in [9.17, 15) is 13.2 Å². The second kappa shape index (κ2) is 6.97. The van der Waals surface area contributed by atoms with Crippen molar-refractivity contribution in [2.24, 2.45) is 7.05 Å². The van der Waals surface area contributed by atoms with Crippen LogP contribution in [0.5, 0.6) is 0 Å². The van der Waals surface area contributed by atoms with E-state index in [1.807, 2.05) is 6.07 Å². The molecular weight excluding hydrogens is 364 g/mol. The summed E-state index contributed by atoms with van der Waals surface area (Å²) in [6.07, 6.45) is 1.42. The van der Waals surface area contributed by atoms with Gasteiger partial charge in [-0.3, -0.25) is 4.79 Å². The first-order valence-corrected chi connectivity index (χ1v) is 9.78. The van der Waals surface area contributed by atoms with Crippen molar-refractivity contribution in [3.05, 3.63) is 35.0 Å². The lowest BCUT2D eigenvalue weighted by Crippen LogP contribution is -2.40. The number of nitrogens with one attached hydrogen (secondary N) is 1. The molecule has 8 nitrogen and oxygen atoms in total. The fraction of sp³-hybridized carbons (Fsp3) is 0.333. The van der Waals surface area contributed by atoms with Gasteiger partial charge < -0.3 is 14.6 Å². The number of hydrogen-bond donors (Lipinski definition) is 1. The van der Waals surface area contributed by atoms with Crippen LogP contribution >= 0.6 is 11.3 Å². The van der Waals surface area contributed by atoms with E-state index >= 15 is 0 Å². The number of sulfonamides is 1. The Balaban J connectivity index is 1.85. The average Bonchev–Trinajstić information content (AvgIpc) is 3.22. The molecule has 1 amide bonds. The Morgan fingerprint density at radius 2 is 2.12 bits per heavy atom. The summed E-state index contributed by atoms with van der Waals surface area (Å²) in [5.41, 5.74) is 0.567. The van der Waals surface area contributed by atoms with Crippen molar-refractivity contribution in [3.63, 3.8) is 0 Å². The van der Waals surface area contributed by atoms with Crippen molar-refractivity contribution < 1.29 is 17.9 Å². The van der Waals surface area contributed by atoms with E-state index in [1.165, 1.54) is 32.5 Å². The molecular formula is C15H16N4O4S2. The van der Waals surface area contributed by atoms with Crippen molar-refractivity contribution in [2.45, 2.75) is 4.90 Å². The van der Waals surface area contributed by atoms with Crippen LogP contribution in [0.2, 0.25) is 0 Å². The standard InChI is InChI=1S/C15H16N4O4S2/c1-18-10-12(25(21,22)19-3-5-23-6-4-19)8-13(18)14(20)17-15-11(9-16)2-7-24-15/h2,7-8,10H,3-6H2,1H3,(H,17,20). The summed E-state index contributed by atoms with van der Waals surface area (Å²) in [6, 6.07) is 4.95. The number of hydrogen-bond acceptors (Lipinski definition) is 6. The molecule has 10 heteroatoms. The van der Waals surface area contributed by atoms with Crippen molar-refractivity contribution >= 4 is 32.3 Å². The number of aryl methyl sites for hydroxylation is 1. The molecule has 0 bridgehead atoms. The molecule has 3 rings (SSSR count). The van der Waals surface area contributed by atoms with Crippen molar-refractivity contribution in [1.29, 1.82) is 5.26 Å². The minimum absolute atomic E-state index is 0.0636. The Kier molecular flexibility index (Phi) is 4.91. The Labute approximate surface area is 149 Å². The van der Waals surface area contributed by atoms with E-state index in [1.54, 1.807) is 18.5 Å². The van der Waals surface area contributed by atoms with Gasteiger partial charge in [-0.05, 0) is 17.5 Å². The molecule has 1 aliphatic heterocycles. The zero-order chi connectivity index (χ0) is 18.0. The molecule has 0 spiro atoms. The topological polar surface area (TPSA) is 104 Å². The number of morpholine rings is 1. The van der Waals surface area contributed by atoms with Gasteiger partial charge in [0.1, 0.15) is 21.7 Å². The lowest BCUT2D eigenvalue weighted by Gasteiger charge is -2.25. The van der Waals surface area contributed by atoms with Crippen molar-refractivity contribution in [3.8, 4) is 6.07 Å². The Morgan fingerprint density at radius 1 is 1.40 bits per heavy atom. The van der Waals surface area contributed by atoms with E-state index in [0.717, 1.165) is 0 Å². The number of nitriles is 1. The molecule has 0 aliphatic carbocycles. The van der Waals surface area contributed by atoms with E-state index < -0.39 is 15.9 Å². The minimum atomic E-state index is -3.67. The number of anilines is 1. The second-order valence-electron chi connectivity index (χ2n) is 5.42. The van der Waals surface area contributed by atoms with Gasteiger partial charge >= 0.3 is 0 Å². The van der Waals surface area contributed by atoms with E-state index in [4.69, 9.17) is 10.00 Å². The summed E-state index contributed by atoms with van der Waals surface area (Å²) in [7, 11) is -2.07. The number of ether oxygens (including phenoxy) is 1. The molecule has 132 valence electrons. The summed E-state index contributed by atoms with van der Waals surface area (Å²) >= 11 is 1.23. The molecule has 0 radical (unpaired) electrons. The summed E-state index contributed by atoms with van der Waals surface area (Å²) in [5.74, 6) is -0.468. The first-order valence-electron chi connectivity index (χ1n) is 7.46. The molecule has 2 aromatic heterocycles. The molecule has 0 saturated carbocycles. The number of thiophene rings is 1. The number of nitrogens with zero attached hydrogens (tertiary/aromatic N) is 3. The smallest absolute Gasteiger partial charge is 0.272 e. The molecule has 1 aliphatic rings. The normalized spacial score (nSPS) is 15.7. The molecule has 0 atom stereocenters. The fourth-order valence-corrected chi connectivity index (χ4v) is 4.71. The van der Waals surface area contributed by atoms with Crippen LogP contribution in [-0.4, -0.2) is 49.5 Å². The summed E-state index contributed by atoms with van der Waals surface area (Å²) in [4.78, 5) is 12.5. The SMILES string of the molecule is Cn1cc(S(=O)(=O)N2CCOCC2)cc1C(=O)Nc1sccc1C#N. The van der Waals surface area contributed by atoms with Gasteiger partial charge in [0.2, 0.25) is 10.0 Å². The van der Waals surface area contributed by atoms with Crippen molar-refractivity contribution in [2.75, 3.05) is 31.6 Å². The molecule has 3 heterocycles. The maximum atomic E-state index is 12.7. The Morgan fingerprint density at radius 3 is 2.80 bits per heavy atom. The quantitative estimate of drug-likeness (QED) is 0.859. The average molecular weight is 380 g/mol. The highest BCUT2D eigenvalue weighted by Crippen LogP contribution is 2.24. The maximum absolute atomic E-state index is 12.7. The largest absolute Gasteiger partial charge is 0.379 e. The van der Waals surface area contributed by atoms with Gasteiger partial charge in [0.15, 0.2) is 0 Å². The molecule has 0 aromatic carbocycles. The molecule has 1 N–H and O–H groups in total. The van der Waals surface area contributed by atoms with Crippen LogP contribution in [-0.2, 0) is 21.8 Å². The lowest BCUT2D eigenvalue weighted by atomic mass is 10.3. The van der Waals surface area contributed by atoms with Crippen LogP contribution < -0.4 is 5.32 Å². The zero-order valence-corrected chi connectivity index (χ0v) is 15.1. The number of carbonyl (C=O) groups is 1. The van der Waals surface area contributed by atoms with E-state index in [-0.39, 0.29) is 10.6 Å². The third kappa shape index (κ3) is 3.45. The van der Waals surface area contributed by atoms with Crippen LogP contribution in [0, 0.1) is 11.3 Å². The maximum Gasteiger partial charge on any atom is 0.272 e. The number of rotatable bonds is 4. The predicted octanol–water partition coefficient (Wildman–Crippen LogP) is 1.23. The monoisotopic (exact) mass is 380 g/mol. The van der Waals surface area contributed by atoms with Crippen LogP contribution in [0.4, 0.5) is 5.00 Å². The predicted molar refractivity (Wildman–Crippen MR) is 92.0 cm³/mol. The first kappa shape index (κ1) is 17.6. The Hall–Kier alpha value is -2.19. The van der Waals surface area contributed by atoms with E-state index in [0.29, 0.717) is 36.9 Å². The van der Waals surface area contributed by atoms with Gasteiger partial charge in [-0.25, -0.2) is 8.42 Å². The highest BCUT2D eigenvalue weighted by Gasteiger charge is 2.29. The Bertz CT molecular complexity index is 933. The highest BCUT2D eigenvalue weighted by molar-refractivity contribution is 7.89. The fourth-order valence-electron chi connectivity index (χ4n) is 2.50. The molecule has 0 unspecified atom stereocenters. The third-order valence-electron chi connectivity index (χ3n) is 3.83. The van der Waals surface area contributed by atoms with Crippen LogP contribution in [0.3, 0.4) is 0 Å². The van der Waals surface area contributed by atoms with Gasteiger partial charge in [0.05, 0.1) is 18.8 Å². The highest BCUT2D eigenvalue weighted by atomic mass is 32.2. The van der Waals surface area contributed by atoms with Gasteiger partial charge in [0, 0.05) is 26.3 Å². The van der Waals surface area contributed by atoms with Gasteiger partial charge in [-0.1, -0.05) is 0 Å². The summed E-state index contributed by atoms with van der Waals surface area (Å²) in [5, 5.41) is 13.8. The summed E-state index contributed by atoms with van der Waals surface area (Å²) in [6.45, 7) is 1.29. The van der Waals surface area contributed by atoms with Crippen LogP contribution in [0.15, 0.2) is 28.6 Å².